The molecule has 0 radical (unpaired) electrons. The van der Waals surface area contributed by atoms with E-state index in [-0.39, 0.29) is 0 Å². The number of hydrogen-bond acceptors (Lipinski definition) is 1. The van der Waals surface area contributed by atoms with Gasteiger partial charge in [0.05, 0.1) is 0 Å². The Morgan fingerprint density at radius 1 is 1.27 bits per heavy atom. The summed E-state index contributed by atoms with van der Waals surface area (Å²) >= 11 is 0. The van der Waals surface area contributed by atoms with E-state index in [4.69, 9.17) is 0 Å². The van der Waals surface area contributed by atoms with Crippen molar-refractivity contribution in [3.8, 4) is 0 Å². The number of unbranched alkanes of at least 4 members (excludes halogenated alkanes) is 3. The molecule has 1 saturated carbocycles. The Morgan fingerprint density at radius 3 is 2.73 bits per heavy atom. The van der Waals surface area contributed by atoms with Crippen molar-refractivity contribution < 1.29 is 0 Å². The fourth-order valence-corrected chi connectivity index (χ4v) is 3.14. The standard InChI is InChI=1S/C14H25N/c1-2-3-4-5-6-10-14(13-8-9-13)11-7-12-15-14/h2,13,15H,1,3-12H2. The van der Waals surface area contributed by atoms with Gasteiger partial charge in [-0.2, -0.15) is 0 Å². The van der Waals surface area contributed by atoms with Crippen LogP contribution in [0.1, 0.15) is 57.8 Å². The van der Waals surface area contributed by atoms with Gasteiger partial charge in [-0.1, -0.05) is 18.9 Å². The van der Waals surface area contributed by atoms with Crippen LogP contribution in [0.5, 0.6) is 0 Å². The summed E-state index contributed by atoms with van der Waals surface area (Å²) in [7, 11) is 0. The van der Waals surface area contributed by atoms with E-state index in [9.17, 15) is 0 Å². The third-order valence-electron chi connectivity index (χ3n) is 4.17. The number of hydrogen-bond donors (Lipinski definition) is 1. The van der Waals surface area contributed by atoms with Crippen molar-refractivity contribution in [2.45, 2.75) is 63.3 Å². The van der Waals surface area contributed by atoms with E-state index in [0.29, 0.717) is 5.54 Å². The molecule has 0 bridgehead atoms. The SMILES string of the molecule is C=CCCCCCC1(C2CC2)CCCN1. The van der Waals surface area contributed by atoms with Gasteiger partial charge in [0.15, 0.2) is 0 Å². The van der Waals surface area contributed by atoms with Gasteiger partial charge in [0.1, 0.15) is 0 Å². The lowest BCUT2D eigenvalue weighted by Crippen LogP contribution is -2.41. The summed E-state index contributed by atoms with van der Waals surface area (Å²) in [6.45, 7) is 5.04. The van der Waals surface area contributed by atoms with Crippen molar-refractivity contribution in [2.75, 3.05) is 6.54 Å². The summed E-state index contributed by atoms with van der Waals surface area (Å²) in [6, 6.07) is 0. The third-order valence-corrected chi connectivity index (χ3v) is 4.17. The molecule has 86 valence electrons. The average molecular weight is 207 g/mol. The largest absolute Gasteiger partial charge is 0.311 e. The van der Waals surface area contributed by atoms with Crippen LogP contribution in [0.3, 0.4) is 0 Å². The monoisotopic (exact) mass is 207 g/mol. The highest BCUT2D eigenvalue weighted by Gasteiger charge is 2.45. The van der Waals surface area contributed by atoms with Gasteiger partial charge in [-0.3, -0.25) is 0 Å². The maximum Gasteiger partial charge on any atom is 0.0210 e. The predicted octanol–water partition coefficient (Wildman–Crippen LogP) is 3.66. The highest BCUT2D eigenvalue weighted by molar-refractivity contribution is 5.03. The zero-order valence-corrected chi connectivity index (χ0v) is 9.93. The lowest BCUT2D eigenvalue weighted by molar-refractivity contribution is 0.291. The Morgan fingerprint density at radius 2 is 2.13 bits per heavy atom. The van der Waals surface area contributed by atoms with Gasteiger partial charge in [0.2, 0.25) is 0 Å². The molecule has 1 unspecified atom stereocenters. The van der Waals surface area contributed by atoms with Crippen LogP contribution >= 0.6 is 0 Å². The Balaban J connectivity index is 1.68. The van der Waals surface area contributed by atoms with Crippen LogP contribution in [-0.4, -0.2) is 12.1 Å². The number of nitrogens with one attached hydrogen (secondary N) is 1. The molecule has 15 heavy (non-hydrogen) atoms. The van der Waals surface area contributed by atoms with Gasteiger partial charge >= 0.3 is 0 Å². The van der Waals surface area contributed by atoms with Crippen LogP contribution in [-0.2, 0) is 0 Å². The lowest BCUT2D eigenvalue weighted by atomic mass is 9.85. The second kappa shape index (κ2) is 5.16. The first-order chi connectivity index (χ1) is 7.37. The Labute approximate surface area is 94.3 Å². The zero-order valence-electron chi connectivity index (χ0n) is 9.93. The number of rotatable bonds is 7. The van der Waals surface area contributed by atoms with Crippen molar-refractivity contribution in [3.63, 3.8) is 0 Å². The second-order valence-electron chi connectivity index (χ2n) is 5.35. The third kappa shape index (κ3) is 2.84. The molecular weight excluding hydrogens is 182 g/mol. The molecule has 2 aliphatic rings. The Bertz CT molecular complexity index is 199. The van der Waals surface area contributed by atoms with Gasteiger partial charge in [-0.05, 0) is 57.4 Å². The van der Waals surface area contributed by atoms with Crippen molar-refractivity contribution in [1.29, 1.82) is 0 Å². The first-order valence-electron chi connectivity index (χ1n) is 6.73. The van der Waals surface area contributed by atoms with E-state index in [1.165, 1.54) is 64.3 Å². The van der Waals surface area contributed by atoms with Crippen molar-refractivity contribution in [2.24, 2.45) is 5.92 Å². The van der Waals surface area contributed by atoms with Crippen LogP contribution in [0.15, 0.2) is 12.7 Å². The molecule has 0 aromatic heterocycles. The van der Waals surface area contributed by atoms with E-state index >= 15 is 0 Å². The van der Waals surface area contributed by atoms with Crippen LogP contribution in [0.2, 0.25) is 0 Å². The van der Waals surface area contributed by atoms with Crippen LogP contribution in [0, 0.1) is 5.92 Å². The fraction of sp³-hybridized carbons (Fsp3) is 0.857. The summed E-state index contributed by atoms with van der Waals surface area (Å²) in [5.41, 5.74) is 0.578. The normalized spacial score (nSPS) is 30.7. The molecule has 2 fully saturated rings. The van der Waals surface area contributed by atoms with Gasteiger partial charge < -0.3 is 5.32 Å². The molecule has 2 rings (SSSR count). The average Bonchev–Trinajstić information content (AvgIpc) is 3.00. The molecule has 0 amide bonds. The van der Waals surface area contributed by atoms with E-state index in [2.05, 4.69) is 11.9 Å². The molecule has 0 spiro atoms. The molecule has 1 nitrogen and oxygen atoms in total. The van der Waals surface area contributed by atoms with Crippen LogP contribution < -0.4 is 5.32 Å². The topological polar surface area (TPSA) is 12.0 Å². The van der Waals surface area contributed by atoms with E-state index in [1.54, 1.807) is 0 Å². The first kappa shape index (κ1) is 11.2. The van der Waals surface area contributed by atoms with Gasteiger partial charge in [-0.15, -0.1) is 6.58 Å². The van der Waals surface area contributed by atoms with Crippen molar-refractivity contribution in [3.05, 3.63) is 12.7 Å². The minimum absolute atomic E-state index is 0.578. The maximum absolute atomic E-state index is 3.80. The molecular formula is C14H25N. The minimum Gasteiger partial charge on any atom is -0.311 e. The zero-order chi connectivity index (χ0) is 10.6. The summed E-state index contributed by atoms with van der Waals surface area (Å²) in [4.78, 5) is 0. The first-order valence-corrected chi connectivity index (χ1v) is 6.73. The van der Waals surface area contributed by atoms with Gasteiger partial charge in [0.25, 0.3) is 0 Å². The molecule has 0 aromatic rings. The molecule has 1 aliphatic carbocycles. The Kier molecular flexibility index (Phi) is 3.85. The molecule has 1 heteroatoms. The number of allylic oxidation sites excluding steroid dienone is 1. The molecule has 1 aliphatic heterocycles. The van der Waals surface area contributed by atoms with Crippen molar-refractivity contribution in [1.82, 2.24) is 5.32 Å². The molecule has 1 heterocycles. The minimum atomic E-state index is 0.578. The van der Waals surface area contributed by atoms with Gasteiger partial charge in [0, 0.05) is 5.54 Å². The summed E-state index contributed by atoms with van der Waals surface area (Å²) in [5, 5.41) is 3.80. The highest BCUT2D eigenvalue weighted by Crippen LogP contribution is 2.46. The van der Waals surface area contributed by atoms with E-state index < -0.39 is 0 Å². The quantitative estimate of drug-likeness (QED) is 0.496. The van der Waals surface area contributed by atoms with Gasteiger partial charge in [-0.25, -0.2) is 0 Å². The fourth-order valence-electron chi connectivity index (χ4n) is 3.14. The lowest BCUT2D eigenvalue weighted by Gasteiger charge is -2.29. The van der Waals surface area contributed by atoms with Crippen LogP contribution in [0.4, 0.5) is 0 Å². The van der Waals surface area contributed by atoms with Crippen LogP contribution in [0.25, 0.3) is 0 Å². The molecule has 1 atom stereocenters. The summed E-state index contributed by atoms with van der Waals surface area (Å²) in [6.07, 6.45) is 14.6. The smallest absolute Gasteiger partial charge is 0.0210 e. The molecule has 0 aromatic carbocycles. The second-order valence-corrected chi connectivity index (χ2v) is 5.35. The molecule has 1 saturated heterocycles. The summed E-state index contributed by atoms with van der Waals surface area (Å²) in [5.74, 6) is 1.03. The maximum atomic E-state index is 3.80. The highest BCUT2D eigenvalue weighted by atomic mass is 15.0. The van der Waals surface area contributed by atoms with E-state index in [1.807, 2.05) is 6.08 Å². The van der Waals surface area contributed by atoms with E-state index in [0.717, 1.165) is 5.92 Å². The molecule has 1 N–H and O–H groups in total. The summed E-state index contributed by atoms with van der Waals surface area (Å²) < 4.78 is 0. The predicted molar refractivity (Wildman–Crippen MR) is 66.0 cm³/mol. The van der Waals surface area contributed by atoms with Crippen molar-refractivity contribution >= 4 is 0 Å². The Hall–Kier alpha value is -0.300.